The highest BCUT2D eigenvalue weighted by atomic mass is 32.2. The molecular weight excluding hydrogens is 286 g/mol. The van der Waals surface area contributed by atoms with E-state index < -0.39 is 9.84 Å². The molecule has 1 aliphatic rings. The maximum absolute atomic E-state index is 11.4. The first-order valence-electron chi connectivity index (χ1n) is 7.49. The van der Waals surface area contributed by atoms with Crippen LogP contribution in [0.25, 0.3) is 0 Å². The molecule has 6 heteroatoms. The normalized spacial score (nSPS) is 15.6. The SMILES string of the molecule is Cc1nc2c(c(NC(C)(C)CCS(C)(=O)=O)n1)CCCC2. The van der Waals surface area contributed by atoms with Crippen LogP contribution in [0.5, 0.6) is 0 Å². The highest BCUT2D eigenvalue weighted by Gasteiger charge is 2.24. The molecule has 1 aromatic rings. The molecule has 2 rings (SSSR count). The van der Waals surface area contributed by atoms with Crippen LogP contribution in [0.3, 0.4) is 0 Å². The van der Waals surface area contributed by atoms with Gasteiger partial charge < -0.3 is 5.32 Å². The smallest absolute Gasteiger partial charge is 0.147 e. The molecule has 0 saturated carbocycles. The van der Waals surface area contributed by atoms with Gasteiger partial charge in [0.1, 0.15) is 21.5 Å². The second kappa shape index (κ2) is 5.91. The molecule has 0 bridgehead atoms. The molecule has 5 nitrogen and oxygen atoms in total. The summed E-state index contributed by atoms with van der Waals surface area (Å²) in [5.74, 6) is 1.84. The molecule has 0 radical (unpaired) electrons. The van der Waals surface area contributed by atoms with Crippen molar-refractivity contribution in [2.45, 2.75) is 58.4 Å². The van der Waals surface area contributed by atoms with Crippen LogP contribution in [-0.2, 0) is 22.7 Å². The van der Waals surface area contributed by atoms with E-state index in [-0.39, 0.29) is 11.3 Å². The molecule has 0 saturated heterocycles. The van der Waals surface area contributed by atoms with Gasteiger partial charge in [-0.05, 0) is 52.9 Å². The van der Waals surface area contributed by atoms with Gasteiger partial charge in [0.2, 0.25) is 0 Å². The number of anilines is 1. The summed E-state index contributed by atoms with van der Waals surface area (Å²) in [5.41, 5.74) is 2.05. The zero-order chi connectivity index (χ0) is 15.7. The number of nitrogens with one attached hydrogen (secondary N) is 1. The first-order chi connectivity index (χ1) is 9.66. The quantitative estimate of drug-likeness (QED) is 0.903. The van der Waals surface area contributed by atoms with E-state index in [0.29, 0.717) is 6.42 Å². The van der Waals surface area contributed by atoms with Gasteiger partial charge in [-0.1, -0.05) is 0 Å². The van der Waals surface area contributed by atoms with Crippen molar-refractivity contribution in [1.82, 2.24) is 9.97 Å². The Morgan fingerprint density at radius 2 is 1.86 bits per heavy atom. The van der Waals surface area contributed by atoms with Crippen LogP contribution < -0.4 is 5.32 Å². The number of hydrogen-bond acceptors (Lipinski definition) is 5. The summed E-state index contributed by atoms with van der Waals surface area (Å²) in [6, 6.07) is 0. The van der Waals surface area contributed by atoms with E-state index in [2.05, 4.69) is 15.3 Å². The third kappa shape index (κ3) is 4.66. The minimum absolute atomic E-state index is 0.180. The fraction of sp³-hybridized carbons (Fsp3) is 0.733. The zero-order valence-corrected chi connectivity index (χ0v) is 14.2. The van der Waals surface area contributed by atoms with Gasteiger partial charge in [-0.15, -0.1) is 0 Å². The molecule has 21 heavy (non-hydrogen) atoms. The van der Waals surface area contributed by atoms with E-state index in [4.69, 9.17) is 0 Å². The number of rotatable bonds is 5. The molecule has 1 aromatic heterocycles. The third-order valence-corrected chi connectivity index (χ3v) is 4.80. The van der Waals surface area contributed by atoms with Gasteiger partial charge in [-0.2, -0.15) is 0 Å². The fourth-order valence-corrected chi connectivity index (χ4v) is 3.53. The topological polar surface area (TPSA) is 72.0 Å². The second-order valence-corrected chi connectivity index (χ2v) is 8.90. The largest absolute Gasteiger partial charge is 0.365 e. The highest BCUT2D eigenvalue weighted by molar-refractivity contribution is 7.90. The first kappa shape index (κ1) is 16.2. The molecule has 0 fully saturated rings. The van der Waals surface area contributed by atoms with Crippen molar-refractivity contribution in [2.24, 2.45) is 0 Å². The Balaban J connectivity index is 2.20. The summed E-state index contributed by atoms with van der Waals surface area (Å²) in [4.78, 5) is 9.09. The van der Waals surface area contributed by atoms with Crippen molar-refractivity contribution in [2.75, 3.05) is 17.3 Å². The summed E-state index contributed by atoms with van der Waals surface area (Å²) in [7, 11) is -2.95. The third-order valence-electron chi connectivity index (χ3n) is 3.85. The summed E-state index contributed by atoms with van der Waals surface area (Å²) >= 11 is 0. The molecule has 118 valence electrons. The van der Waals surface area contributed by atoms with Gasteiger partial charge in [-0.3, -0.25) is 0 Å². The van der Waals surface area contributed by atoms with E-state index in [9.17, 15) is 8.42 Å². The molecule has 0 unspecified atom stereocenters. The highest BCUT2D eigenvalue weighted by Crippen LogP contribution is 2.28. The molecule has 1 N–H and O–H groups in total. The average molecular weight is 311 g/mol. The Kier molecular flexibility index (Phi) is 4.56. The Hall–Kier alpha value is -1.17. The molecule has 0 amide bonds. The second-order valence-electron chi connectivity index (χ2n) is 6.64. The molecule has 0 aromatic carbocycles. The molecule has 0 aliphatic heterocycles. The van der Waals surface area contributed by atoms with E-state index in [0.717, 1.165) is 36.6 Å². The van der Waals surface area contributed by atoms with Crippen molar-refractivity contribution in [1.29, 1.82) is 0 Å². The Morgan fingerprint density at radius 3 is 2.52 bits per heavy atom. The van der Waals surface area contributed by atoms with E-state index in [1.165, 1.54) is 18.2 Å². The molecule has 0 spiro atoms. The van der Waals surface area contributed by atoms with Gasteiger partial charge in [-0.25, -0.2) is 18.4 Å². The van der Waals surface area contributed by atoms with Crippen molar-refractivity contribution in [3.63, 3.8) is 0 Å². The lowest BCUT2D eigenvalue weighted by Crippen LogP contribution is -2.34. The Bertz CT molecular complexity index is 624. The van der Waals surface area contributed by atoms with Crippen molar-refractivity contribution >= 4 is 15.7 Å². The fourth-order valence-electron chi connectivity index (χ4n) is 2.64. The average Bonchev–Trinajstić information content (AvgIpc) is 2.35. The van der Waals surface area contributed by atoms with Crippen LogP contribution in [0, 0.1) is 6.92 Å². The molecule has 0 atom stereocenters. The Morgan fingerprint density at radius 1 is 1.19 bits per heavy atom. The minimum Gasteiger partial charge on any atom is -0.365 e. The summed E-state index contributed by atoms with van der Waals surface area (Å²) in [5, 5.41) is 3.44. The van der Waals surface area contributed by atoms with Crippen molar-refractivity contribution < 1.29 is 8.42 Å². The molecule has 1 aliphatic carbocycles. The Labute approximate surface area is 127 Å². The lowest BCUT2D eigenvalue weighted by molar-refractivity contribution is 0.530. The van der Waals surface area contributed by atoms with E-state index in [1.54, 1.807) is 0 Å². The van der Waals surface area contributed by atoms with Crippen LogP contribution in [0.4, 0.5) is 5.82 Å². The van der Waals surface area contributed by atoms with Crippen LogP contribution in [0.2, 0.25) is 0 Å². The monoisotopic (exact) mass is 311 g/mol. The predicted molar refractivity (Wildman–Crippen MR) is 85.4 cm³/mol. The lowest BCUT2D eigenvalue weighted by Gasteiger charge is -2.29. The van der Waals surface area contributed by atoms with Gasteiger partial charge in [0.25, 0.3) is 0 Å². The van der Waals surface area contributed by atoms with Gasteiger partial charge in [0.15, 0.2) is 0 Å². The van der Waals surface area contributed by atoms with Crippen LogP contribution in [0.1, 0.15) is 50.2 Å². The van der Waals surface area contributed by atoms with Gasteiger partial charge >= 0.3 is 0 Å². The van der Waals surface area contributed by atoms with Crippen LogP contribution >= 0.6 is 0 Å². The standard InChI is InChI=1S/C15H25N3O2S/c1-11-16-13-8-6-5-7-12(13)14(17-11)18-15(2,3)9-10-21(4,19)20/h5-10H2,1-4H3,(H,16,17,18). The van der Waals surface area contributed by atoms with Crippen molar-refractivity contribution in [3.05, 3.63) is 17.1 Å². The summed E-state index contributed by atoms with van der Waals surface area (Å²) < 4.78 is 22.7. The minimum atomic E-state index is -2.95. The summed E-state index contributed by atoms with van der Waals surface area (Å²) in [6.45, 7) is 5.94. The number of sulfone groups is 1. The number of nitrogens with zero attached hydrogens (tertiary/aromatic N) is 2. The number of aryl methyl sites for hydroxylation is 2. The van der Waals surface area contributed by atoms with Crippen LogP contribution in [0.15, 0.2) is 0 Å². The zero-order valence-electron chi connectivity index (χ0n) is 13.4. The number of aromatic nitrogens is 2. The first-order valence-corrected chi connectivity index (χ1v) is 9.55. The lowest BCUT2D eigenvalue weighted by atomic mass is 9.95. The number of hydrogen-bond donors (Lipinski definition) is 1. The molecule has 1 heterocycles. The van der Waals surface area contributed by atoms with Crippen molar-refractivity contribution in [3.8, 4) is 0 Å². The van der Waals surface area contributed by atoms with Gasteiger partial charge in [0.05, 0.1) is 5.75 Å². The number of fused-ring (bicyclic) bond motifs is 1. The van der Waals surface area contributed by atoms with E-state index in [1.807, 2.05) is 20.8 Å². The van der Waals surface area contributed by atoms with E-state index >= 15 is 0 Å². The maximum atomic E-state index is 11.4. The summed E-state index contributed by atoms with van der Waals surface area (Å²) in [6.07, 6.45) is 6.19. The van der Waals surface area contributed by atoms with Gasteiger partial charge in [0, 0.05) is 23.1 Å². The molecular formula is C15H25N3O2S. The van der Waals surface area contributed by atoms with Crippen LogP contribution in [-0.4, -0.2) is 35.9 Å². The maximum Gasteiger partial charge on any atom is 0.147 e. The predicted octanol–water partition coefficient (Wildman–Crippen LogP) is 2.29.